The topological polar surface area (TPSA) is 86.5 Å². The van der Waals surface area contributed by atoms with Crippen molar-refractivity contribution < 1.29 is 22.5 Å². The third kappa shape index (κ3) is 2.64. The fraction of sp³-hybridized carbons (Fsp3) is 0.333. The van der Waals surface area contributed by atoms with Crippen molar-refractivity contribution in [2.75, 3.05) is 13.4 Å². The van der Waals surface area contributed by atoms with Crippen molar-refractivity contribution in [3.8, 4) is 17.1 Å². The number of rotatable bonds is 5. The summed E-state index contributed by atoms with van der Waals surface area (Å²) in [6, 6.07) is 4.63. The predicted molar refractivity (Wildman–Crippen MR) is 78.7 cm³/mol. The molecule has 2 aromatic rings. The van der Waals surface area contributed by atoms with E-state index >= 15 is 0 Å². The van der Waals surface area contributed by atoms with Gasteiger partial charge in [0.15, 0.2) is 21.4 Å². The van der Waals surface area contributed by atoms with E-state index in [0.29, 0.717) is 16.9 Å². The average Bonchev–Trinajstić information content (AvgIpc) is 3.22. The van der Waals surface area contributed by atoms with Crippen LogP contribution < -0.4 is 4.74 Å². The van der Waals surface area contributed by atoms with E-state index in [0.717, 1.165) is 19.1 Å². The molecular weight excluding hydrogens is 306 g/mol. The Morgan fingerprint density at radius 1 is 1.36 bits per heavy atom. The molecule has 0 atom stereocenters. The van der Waals surface area contributed by atoms with Gasteiger partial charge in [0.2, 0.25) is 0 Å². The van der Waals surface area contributed by atoms with Gasteiger partial charge in [0.05, 0.1) is 18.9 Å². The van der Waals surface area contributed by atoms with Crippen molar-refractivity contribution in [3.63, 3.8) is 0 Å². The lowest BCUT2D eigenvalue weighted by Crippen LogP contribution is -2.03. The Kier molecular flexibility index (Phi) is 3.52. The second-order valence-electron chi connectivity index (χ2n) is 5.34. The molecule has 1 aliphatic carbocycles. The first-order chi connectivity index (χ1) is 10.4. The van der Waals surface area contributed by atoms with Gasteiger partial charge in [0.1, 0.15) is 10.6 Å². The van der Waals surface area contributed by atoms with Crippen molar-refractivity contribution in [2.24, 2.45) is 5.92 Å². The number of aromatic nitrogens is 1. The largest absolute Gasteiger partial charge is 0.495 e. The van der Waals surface area contributed by atoms with E-state index in [4.69, 9.17) is 9.26 Å². The zero-order chi connectivity index (χ0) is 15.9. The molecule has 7 heteroatoms. The molecule has 0 saturated heterocycles. The van der Waals surface area contributed by atoms with Crippen LogP contribution in [0.2, 0.25) is 0 Å². The van der Waals surface area contributed by atoms with Crippen LogP contribution in [-0.4, -0.2) is 32.7 Å². The summed E-state index contributed by atoms with van der Waals surface area (Å²) in [6.45, 7) is 0. The molecule has 0 radical (unpaired) electrons. The number of nitrogens with zero attached hydrogens (tertiary/aromatic N) is 1. The summed E-state index contributed by atoms with van der Waals surface area (Å²) >= 11 is 0. The molecule has 0 unspecified atom stereocenters. The summed E-state index contributed by atoms with van der Waals surface area (Å²) in [7, 11) is -2.07. The fourth-order valence-electron chi connectivity index (χ4n) is 2.30. The minimum atomic E-state index is -3.47. The first kappa shape index (κ1) is 14.8. The van der Waals surface area contributed by atoms with E-state index in [-0.39, 0.29) is 22.3 Å². The molecule has 0 spiro atoms. The van der Waals surface area contributed by atoms with Gasteiger partial charge in [-0.05, 0) is 31.0 Å². The number of sulfone groups is 1. The van der Waals surface area contributed by atoms with E-state index in [1.54, 1.807) is 12.1 Å². The average molecular weight is 321 g/mol. The van der Waals surface area contributed by atoms with Crippen LogP contribution >= 0.6 is 0 Å². The third-order valence-electron chi connectivity index (χ3n) is 3.61. The van der Waals surface area contributed by atoms with Gasteiger partial charge in [-0.25, -0.2) is 8.42 Å². The molecule has 1 saturated carbocycles. The molecule has 1 aromatic carbocycles. The number of ether oxygens (including phenoxy) is 1. The van der Waals surface area contributed by atoms with E-state index in [9.17, 15) is 13.2 Å². The van der Waals surface area contributed by atoms with Crippen molar-refractivity contribution in [2.45, 2.75) is 17.7 Å². The van der Waals surface area contributed by atoms with Crippen molar-refractivity contribution in [1.82, 2.24) is 5.16 Å². The van der Waals surface area contributed by atoms with Gasteiger partial charge in [-0.3, -0.25) is 4.79 Å². The van der Waals surface area contributed by atoms with Gasteiger partial charge in [0, 0.05) is 17.7 Å². The molecule has 6 nitrogen and oxygen atoms in total. The Morgan fingerprint density at radius 2 is 2.09 bits per heavy atom. The summed E-state index contributed by atoms with van der Waals surface area (Å²) in [5.74, 6) is 0.573. The van der Waals surface area contributed by atoms with E-state index in [2.05, 4.69) is 5.16 Å². The second kappa shape index (κ2) is 5.24. The molecule has 1 aliphatic rings. The maximum absolute atomic E-state index is 12.2. The van der Waals surface area contributed by atoms with Crippen LogP contribution in [-0.2, 0) is 9.84 Å². The second-order valence-corrected chi connectivity index (χ2v) is 7.33. The van der Waals surface area contributed by atoms with Crippen LogP contribution in [0.1, 0.15) is 23.2 Å². The highest BCUT2D eigenvalue weighted by molar-refractivity contribution is 7.90. The Bertz CT molecular complexity index is 833. The van der Waals surface area contributed by atoms with Crippen LogP contribution in [0.3, 0.4) is 0 Å². The molecule has 1 aromatic heterocycles. The summed E-state index contributed by atoms with van der Waals surface area (Å²) in [5, 5.41) is 3.69. The molecule has 116 valence electrons. The van der Waals surface area contributed by atoms with Gasteiger partial charge in [0.25, 0.3) is 0 Å². The van der Waals surface area contributed by atoms with Gasteiger partial charge < -0.3 is 9.26 Å². The SMILES string of the molecule is COc1ccc(-c2oncc2C(=O)C2CC2)cc1S(C)(=O)=O. The lowest BCUT2D eigenvalue weighted by atomic mass is 10.0. The molecule has 1 fully saturated rings. The highest BCUT2D eigenvalue weighted by atomic mass is 32.2. The smallest absolute Gasteiger partial charge is 0.179 e. The van der Waals surface area contributed by atoms with Gasteiger partial charge in [-0.2, -0.15) is 0 Å². The first-order valence-electron chi connectivity index (χ1n) is 6.79. The van der Waals surface area contributed by atoms with Crippen molar-refractivity contribution in [1.29, 1.82) is 0 Å². The molecule has 0 amide bonds. The van der Waals surface area contributed by atoms with Crippen LogP contribution in [0, 0.1) is 5.92 Å². The number of carbonyl (C=O) groups excluding carboxylic acids is 1. The molecule has 0 N–H and O–H groups in total. The third-order valence-corrected chi connectivity index (χ3v) is 4.73. The molecule has 0 bridgehead atoms. The van der Waals surface area contributed by atoms with Crippen LogP contribution in [0.4, 0.5) is 0 Å². The standard InChI is InChI=1S/C15H15NO5S/c1-20-12-6-5-10(7-13(12)22(2,18)19)15-11(8-16-21-15)14(17)9-3-4-9/h5-9H,3-4H2,1-2H3. The molecule has 22 heavy (non-hydrogen) atoms. The number of carbonyl (C=O) groups is 1. The fourth-order valence-corrected chi connectivity index (χ4v) is 3.15. The minimum absolute atomic E-state index is 0.00651. The lowest BCUT2D eigenvalue weighted by molar-refractivity contribution is 0.0968. The predicted octanol–water partition coefficient (Wildman–Crippen LogP) is 2.35. The molecule has 3 rings (SSSR count). The highest BCUT2D eigenvalue weighted by Gasteiger charge is 2.33. The quantitative estimate of drug-likeness (QED) is 0.786. The number of ketones is 1. The van der Waals surface area contributed by atoms with Crippen molar-refractivity contribution in [3.05, 3.63) is 30.0 Å². The van der Waals surface area contributed by atoms with E-state index < -0.39 is 9.84 Å². The van der Waals surface area contributed by atoms with Crippen LogP contribution in [0.5, 0.6) is 5.75 Å². The normalized spacial score (nSPS) is 14.8. The molecular formula is C15H15NO5S. The maximum Gasteiger partial charge on any atom is 0.179 e. The zero-order valence-electron chi connectivity index (χ0n) is 12.2. The number of Topliss-reactive ketones (excluding diaryl/α,β-unsaturated/α-hetero) is 1. The number of hydrogen-bond donors (Lipinski definition) is 0. The Balaban J connectivity index is 2.10. The first-order valence-corrected chi connectivity index (χ1v) is 8.68. The minimum Gasteiger partial charge on any atom is -0.495 e. The molecule has 0 aliphatic heterocycles. The summed E-state index contributed by atoms with van der Waals surface area (Å²) in [6.07, 6.45) is 4.24. The van der Waals surface area contributed by atoms with Gasteiger partial charge in [-0.15, -0.1) is 0 Å². The Labute approximate surface area is 128 Å². The summed E-state index contributed by atoms with van der Waals surface area (Å²) < 4.78 is 34.0. The monoisotopic (exact) mass is 321 g/mol. The zero-order valence-corrected chi connectivity index (χ0v) is 13.0. The number of hydrogen-bond acceptors (Lipinski definition) is 6. The maximum atomic E-state index is 12.2. The van der Waals surface area contributed by atoms with E-state index in [1.807, 2.05) is 0 Å². The Morgan fingerprint density at radius 3 is 2.68 bits per heavy atom. The van der Waals surface area contributed by atoms with E-state index in [1.165, 1.54) is 19.4 Å². The lowest BCUT2D eigenvalue weighted by Gasteiger charge is -2.08. The van der Waals surface area contributed by atoms with Gasteiger partial charge >= 0.3 is 0 Å². The van der Waals surface area contributed by atoms with Crippen LogP contribution in [0.15, 0.2) is 33.8 Å². The highest BCUT2D eigenvalue weighted by Crippen LogP contribution is 2.37. The summed E-state index contributed by atoms with van der Waals surface area (Å²) in [4.78, 5) is 12.3. The molecule has 1 heterocycles. The van der Waals surface area contributed by atoms with Gasteiger partial charge in [-0.1, -0.05) is 5.16 Å². The summed E-state index contributed by atoms with van der Waals surface area (Å²) in [5.41, 5.74) is 0.884. The van der Waals surface area contributed by atoms with Crippen LogP contribution in [0.25, 0.3) is 11.3 Å². The Hall–Kier alpha value is -2.15. The van der Waals surface area contributed by atoms with Crippen molar-refractivity contribution >= 4 is 15.6 Å². The number of benzene rings is 1. The number of methoxy groups -OCH3 is 1.